The van der Waals surface area contributed by atoms with E-state index in [1.807, 2.05) is 5.12 Å². The number of nitrogens with zero attached hydrogens (tertiary/aromatic N) is 2. The topological polar surface area (TPSA) is 164 Å². The molecule has 276 valence electrons. The third-order valence-electron chi connectivity index (χ3n) is 12.3. The van der Waals surface area contributed by atoms with Crippen LogP contribution in [0.15, 0.2) is 0 Å². The third-order valence-corrected chi connectivity index (χ3v) is 12.3. The lowest BCUT2D eigenvalue weighted by atomic mass is 9.70. The van der Waals surface area contributed by atoms with Crippen LogP contribution in [-0.2, 0) is 19.1 Å². The number of aliphatic carboxylic acids is 1. The van der Waals surface area contributed by atoms with Gasteiger partial charge in [-0.2, -0.15) is 10.7 Å². The molecule has 6 atom stereocenters. The van der Waals surface area contributed by atoms with E-state index in [4.69, 9.17) is 4.74 Å². The number of carbonyl (C=O) groups is 4. The van der Waals surface area contributed by atoms with E-state index < -0.39 is 41.2 Å². The van der Waals surface area contributed by atoms with Crippen LogP contribution >= 0.6 is 0 Å². The molecule has 49 heavy (non-hydrogen) atoms. The van der Waals surface area contributed by atoms with E-state index >= 15 is 0 Å². The summed E-state index contributed by atoms with van der Waals surface area (Å²) in [5.41, 5.74) is 8.31. The van der Waals surface area contributed by atoms with Crippen molar-refractivity contribution in [2.75, 3.05) is 6.54 Å². The molecule has 3 saturated heterocycles. The maximum absolute atomic E-state index is 14.3. The highest BCUT2D eigenvalue weighted by atomic mass is 16.6. The van der Waals surface area contributed by atoms with Crippen molar-refractivity contribution in [1.82, 2.24) is 37.0 Å². The van der Waals surface area contributed by atoms with Gasteiger partial charge in [-0.3, -0.25) is 9.59 Å². The summed E-state index contributed by atoms with van der Waals surface area (Å²) in [6.45, 7) is 5.58. The van der Waals surface area contributed by atoms with Gasteiger partial charge in [-0.25, -0.2) is 20.4 Å². The number of hydrogen-bond donors (Lipinski definition) is 6. The number of alkyl carbamates (subject to hydrolysis) is 1. The molecular weight excluding hydrogens is 626 g/mol. The minimum Gasteiger partial charge on any atom is -0.479 e. The molecule has 0 spiro atoms. The van der Waals surface area contributed by atoms with Crippen molar-refractivity contribution < 1.29 is 29.0 Å². The SMILES string of the molecule is CC(C)(C)OC(=O)N[C@@H]1CCCCCCC[C@@H]2C[C@]2(C(=O)O)NC(=O)[C@@H]2C[C@H](N3NNC(C4CCC(C5CCCCC5)CC4)N3)CN2C1=O. The van der Waals surface area contributed by atoms with E-state index in [0.717, 1.165) is 63.2 Å². The van der Waals surface area contributed by atoms with Crippen molar-refractivity contribution in [2.24, 2.45) is 23.7 Å². The average Bonchev–Trinajstić information content (AvgIpc) is 3.38. The highest BCUT2D eigenvalue weighted by Gasteiger charge is 2.62. The molecule has 0 aromatic heterocycles. The number of carbonyl (C=O) groups excluding carboxylic acids is 3. The molecule has 6 fully saturated rings. The minimum absolute atomic E-state index is 0.0407. The Kier molecular flexibility index (Phi) is 11.4. The van der Waals surface area contributed by atoms with Crippen LogP contribution in [0.25, 0.3) is 0 Å². The van der Waals surface area contributed by atoms with E-state index in [1.54, 1.807) is 25.7 Å². The minimum atomic E-state index is -1.29. The highest BCUT2D eigenvalue weighted by molar-refractivity contribution is 5.96. The Balaban J connectivity index is 1.15. The molecule has 3 heterocycles. The zero-order chi connectivity index (χ0) is 34.8. The van der Waals surface area contributed by atoms with Gasteiger partial charge in [0, 0.05) is 6.54 Å². The summed E-state index contributed by atoms with van der Waals surface area (Å²) in [5.74, 6) is 0.288. The van der Waals surface area contributed by atoms with Crippen LogP contribution in [0, 0.1) is 23.7 Å². The second-order valence-corrected chi connectivity index (χ2v) is 16.9. The van der Waals surface area contributed by atoms with Crippen LogP contribution in [0.5, 0.6) is 0 Å². The van der Waals surface area contributed by atoms with Crippen molar-refractivity contribution in [3.05, 3.63) is 0 Å². The summed E-state index contributed by atoms with van der Waals surface area (Å²) in [6, 6.07) is -2.00. The molecule has 13 nitrogen and oxygen atoms in total. The molecule has 3 aliphatic heterocycles. The van der Waals surface area contributed by atoms with Crippen molar-refractivity contribution in [3.63, 3.8) is 0 Å². The van der Waals surface area contributed by atoms with Crippen LogP contribution in [0.3, 0.4) is 0 Å². The first kappa shape index (κ1) is 36.3. The van der Waals surface area contributed by atoms with Crippen LogP contribution in [0.2, 0.25) is 0 Å². The maximum atomic E-state index is 14.3. The van der Waals surface area contributed by atoms with Gasteiger partial charge in [0.1, 0.15) is 23.2 Å². The molecule has 1 unspecified atom stereocenters. The fraction of sp³-hybridized carbons (Fsp3) is 0.889. The van der Waals surface area contributed by atoms with Crippen LogP contribution in [0.4, 0.5) is 4.79 Å². The maximum Gasteiger partial charge on any atom is 0.408 e. The Morgan fingerprint density at radius 2 is 1.47 bits per heavy atom. The number of rotatable bonds is 5. The summed E-state index contributed by atoms with van der Waals surface area (Å²) in [5, 5.41) is 17.8. The third kappa shape index (κ3) is 8.70. The van der Waals surface area contributed by atoms with Gasteiger partial charge in [0.2, 0.25) is 11.8 Å². The molecule has 0 bridgehead atoms. The molecule has 0 radical (unpaired) electrons. The van der Waals surface area contributed by atoms with Gasteiger partial charge >= 0.3 is 12.1 Å². The van der Waals surface area contributed by atoms with Crippen molar-refractivity contribution in [3.8, 4) is 0 Å². The number of fused-ring (bicyclic) bond motifs is 2. The summed E-state index contributed by atoms with van der Waals surface area (Å²) >= 11 is 0. The molecule has 0 aromatic rings. The molecule has 6 N–H and O–H groups in total. The zero-order valence-electron chi connectivity index (χ0n) is 29.9. The average molecular weight is 688 g/mol. The van der Waals surface area contributed by atoms with E-state index in [0.29, 0.717) is 25.2 Å². The number of hydrogen-bond acceptors (Lipinski definition) is 9. The Hall–Kier alpha value is -2.48. The fourth-order valence-corrected chi connectivity index (χ4v) is 9.45. The van der Waals surface area contributed by atoms with Gasteiger partial charge in [0.05, 0.1) is 12.2 Å². The Morgan fingerprint density at radius 1 is 0.857 bits per heavy atom. The van der Waals surface area contributed by atoms with Crippen LogP contribution in [0.1, 0.15) is 136 Å². The van der Waals surface area contributed by atoms with Gasteiger partial charge in [0.15, 0.2) is 0 Å². The number of ether oxygens (including phenoxy) is 1. The van der Waals surface area contributed by atoms with Gasteiger partial charge in [-0.1, -0.05) is 64.2 Å². The lowest BCUT2D eigenvalue weighted by Crippen LogP contribution is -2.56. The number of amides is 3. The van der Waals surface area contributed by atoms with Gasteiger partial charge in [-0.15, -0.1) is 0 Å². The molecular formula is C36H61N7O6. The monoisotopic (exact) mass is 687 g/mol. The van der Waals surface area contributed by atoms with Crippen molar-refractivity contribution in [1.29, 1.82) is 0 Å². The number of carboxylic acids is 1. The van der Waals surface area contributed by atoms with Crippen molar-refractivity contribution >= 4 is 23.9 Å². The lowest BCUT2D eigenvalue weighted by Gasteiger charge is -2.37. The first-order valence-electron chi connectivity index (χ1n) is 19.4. The smallest absolute Gasteiger partial charge is 0.408 e. The van der Waals surface area contributed by atoms with Crippen LogP contribution in [-0.4, -0.2) is 81.0 Å². The molecule has 3 aliphatic carbocycles. The quantitative estimate of drug-likeness (QED) is 0.248. The van der Waals surface area contributed by atoms with E-state index in [-0.39, 0.29) is 30.6 Å². The summed E-state index contributed by atoms with van der Waals surface area (Å²) in [7, 11) is 0. The molecule has 6 aliphatic rings. The first-order valence-corrected chi connectivity index (χ1v) is 19.4. The van der Waals surface area contributed by atoms with Gasteiger partial charge < -0.3 is 25.4 Å². The van der Waals surface area contributed by atoms with Crippen LogP contribution < -0.4 is 27.0 Å². The normalized spacial score (nSPS) is 37.3. The van der Waals surface area contributed by atoms with Crippen molar-refractivity contribution in [2.45, 2.75) is 172 Å². The molecule has 3 saturated carbocycles. The predicted molar refractivity (Wildman–Crippen MR) is 183 cm³/mol. The summed E-state index contributed by atoms with van der Waals surface area (Å²) < 4.78 is 5.52. The lowest BCUT2D eigenvalue weighted by molar-refractivity contribution is -0.146. The first-order chi connectivity index (χ1) is 23.4. The second-order valence-electron chi connectivity index (χ2n) is 16.9. The summed E-state index contributed by atoms with van der Waals surface area (Å²) in [4.78, 5) is 55.3. The van der Waals surface area contributed by atoms with E-state index in [9.17, 15) is 24.3 Å². The predicted octanol–water partition coefficient (Wildman–Crippen LogP) is 4.10. The Labute approximate surface area is 291 Å². The number of carboxylic acid groups (broad SMARTS) is 1. The molecule has 3 amide bonds. The molecule has 6 rings (SSSR count). The molecule has 0 aromatic carbocycles. The molecule has 13 heteroatoms. The summed E-state index contributed by atoms with van der Waals surface area (Å²) in [6.07, 6.45) is 17.5. The number of nitrogens with one attached hydrogen (secondary N) is 5. The second kappa shape index (κ2) is 15.4. The van der Waals surface area contributed by atoms with E-state index in [1.165, 1.54) is 44.9 Å². The van der Waals surface area contributed by atoms with Gasteiger partial charge in [-0.05, 0) is 95.8 Å². The largest absolute Gasteiger partial charge is 0.479 e. The Morgan fingerprint density at radius 3 is 2.16 bits per heavy atom. The standard InChI is InChI=1S/C36H61N7O6/c1-35(2,3)49-34(48)37-28-15-11-6-4-5-10-14-26-21-36(26,33(46)47)38-31(44)29-20-27(22-42(29)32(28)45)43-40-30(39-41-43)25-18-16-24(17-19-25)23-12-8-7-9-13-23/h23-30,39-41H,4-22H2,1-3H3,(H,37,48)(H,38,44)(H,46,47)/t24?,25?,26-,27+,28-,29+,30?,36+/m1/s1. The Bertz CT molecular complexity index is 1200. The van der Waals surface area contributed by atoms with E-state index in [2.05, 4.69) is 27.0 Å². The highest BCUT2D eigenvalue weighted by Crippen LogP contribution is 2.48. The zero-order valence-corrected chi connectivity index (χ0v) is 29.9. The fourth-order valence-electron chi connectivity index (χ4n) is 9.45. The van der Waals surface area contributed by atoms with Gasteiger partial charge in [0.25, 0.3) is 0 Å². The number of hydrazine groups is 3.